The average molecular weight is 852 g/mol. The fraction of sp³-hybridized carbons (Fsp3) is 0.619. The third-order valence-corrected chi connectivity index (χ3v) is 25.7. The van der Waals surface area contributed by atoms with Crippen molar-refractivity contribution in [2.75, 3.05) is 82.3 Å². The zero-order valence-corrected chi connectivity index (χ0v) is 36.9. The molecule has 11 heteroatoms. The van der Waals surface area contributed by atoms with Crippen LogP contribution >= 0.6 is 0 Å². The molecule has 0 unspecified atom stereocenters. The number of hydrogen-bond donors (Lipinski definition) is 2. The third-order valence-electron chi connectivity index (χ3n) is 9.75. The van der Waals surface area contributed by atoms with Gasteiger partial charge in [-0.05, 0) is 0 Å². The topological polar surface area (TPSA) is 114 Å². The summed E-state index contributed by atoms with van der Waals surface area (Å²) in [6, 6.07) is 8.07. The number of methoxy groups -OCH3 is 6. The summed E-state index contributed by atoms with van der Waals surface area (Å²) in [5, 5.41) is 19.5. The molecule has 0 amide bonds. The van der Waals surface area contributed by atoms with E-state index < -0.39 is 18.4 Å². The third kappa shape index (κ3) is 13.9. The number of benzene rings is 2. The maximum atomic E-state index is 9.83. The Hall–Kier alpha value is -2.64. The molecule has 0 aliphatic heterocycles. The van der Waals surface area contributed by atoms with Crippen molar-refractivity contribution in [2.24, 2.45) is 0 Å². The SMILES string of the molecule is CCC[CH2][Sn]([CH2]CCC)([CH2]CCC)[C](=C/COCCO)/C(Cc1cc(OC)c(OC)c(OC)c1)=C(\COCCO)Cc1cc(OC)c(OC)c(OC)c1. The van der Waals surface area contributed by atoms with Crippen LogP contribution in [0.1, 0.15) is 70.4 Å². The van der Waals surface area contributed by atoms with E-state index in [4.69, 9.17) is 37.9 Å². The van der Waals surface area contributed by atoms with Gasteiger partial charge in [-0.15, -0.1) is 0 Å². The van der Waals surface area contributed by atoms with Gasteiger partial charge in [0.25, 0.3) is 0 Å². The van der Waals surface area contributed by atoms with Crippen molar-refractivity contribution < 1.29 is 48.1 Å². The molecule has 0 spiro atoms. The van der Waals surface area contributed by atoms with Gasteiger partial charge in [0.2, 0.25) is 0 Å². The standard InChI is InChI=1S/C30H41O10.3C4H9.Sn/c1-33-25-16-21(17-26(34-2)29(25)37-5)14-23(8-7-11-39-12-9-31)24(20-40-13-10-32)15-22-18-27(35-3)30(38-6)28(19-22)36-4;3*1-3-4-2;/h7,16-19,31-32H,9-15,20H2,1-6H3;3*1,3-4H2,2H3;/b8-7?,24-23+;;;;. The van der Waals surface area contributed by atoms with E-state index in [1.54, 1.807) is 42.7 Å². The van der Waals surface area contributed by atoms with Crippen molar-refractivity contribution in [1.29, 1.82) is 0 Å². The van der Waals surface area contributed by atoms with Gasteiger partial charge in [0.15, 0.2) is 0 Å². The van der Waals surface area contributed by atoms with Crippen molar-refractivity contribution in [1.82, 2.24) is 0 Å². The minimum absolute atomic E-state index is 0.0331. The Labute approximate surface area is 323 Å². The Morgan fingerprint density at radius 2 is 1.00 bits per heavy atom. The van der Waals surface area contributed by atoms with Crippen molar-refractivity contribution >= 4 is 18.4 Å². The summed E-state index contributed by atoms with van der Waals surface area (Å²) in [4.78, 5) is 0. The van der Waals surface area contributed by atoms with Crippen LogP contribution in [-0.2, 0) is 22.3 Å². The molecule has 0 aromatic heterocycles. The molecule has 0 aliphatic rings. The van der Waals surface area contributed by atoms with Crippen LogP contribution in [0.5, 0.6) is 34.5 Å². The first kappa shape index (κ1) is 46.5. The molecule has 2 N–H and O–H groups in total. The van der Waals surface area contributed by atoms with Crippen molar-refractivity contribution in [3.05, 3.63) is 56.2 Å². The molecule has 10 nitrogen and oxygen atoms in total. The molecule has 2 aromatic carbocycles. The number of allylic oxidation sites excluding steroid dienone is 2. The van der Waals surface area contributed by atoms with Crippen LogP contribution in [0.25, 0.3) is 0 Å². The molecular weight excluding hydrogens is 783 g/mol. The van der Waals surface area contributed by atoms with Crippen molar-refractivity contribution in [3.63, 3.8) is 0 Å². The summed E-state index contributed by atoms with van der Waals surface area (Å²) in [7, 11) is 9.76. The molecule has 0 aliphatic carbocycles. The summed E-state index contributed by atoms with van der Waals surface area (Å²) < 4.78 is 52.0. The van der Waals surface area contributed by atoms with Gasteiger partial charge in [-0.2, -0.15) is 0 Å². The summed E-state index contributed by atoms with van der Waals surface area (Å²) in [5.41, 5.74) is 4.35. The van der Waals surface area contributed by atoms with Gasteiger partial charge in [-0.1, -0.05) is 0 Å². The fourth-order valence-electron chi connectivity index (χ4n) is 7.12. The van der Waals surface area contributed by atoms with Gasteiger partial charge in [0, 0.05) is 0 Å². The molecule has 0 radical (unpaired) electrons. The van der Waals surface area contributed by atoms with Gasteiger partial charge in [-0.3, -0.25) is 0 Å². The van der Waals surface area contributed by atoms with E-state index >= 15 is 0 Å². The van der Waals surface area contributed by atoms with E-state index in [2.05, 4.69) is 26.8 Å². The van der Waals surface area contributed by atoms with Crippen molar-refractivity contribution in [2.45, 2.75) is 85.4 Å². The normalized spacial score (nSPS) is 12.4. The summed E-state index contributed by atoms with van der Waals surface area (Å²) in [5.74, 6) is 3.44. The molecule has 0 saturated carbocycles. The van der Waals surface area contributed by atoms with E-state index in [0.717, 1.165) is 36.0 Å². The minimum atomic E-state index is -3.26. The molecule has 2 rings (SSSR count). The van der Waals surface area contributed by atoms with Crippen LogP contribution in [-0.4, -0.2) is 111 Å². The molecule has 0 heterocycles. The van der Waals surface area contributed by atoms with Gasteiger partial charge in [-0.25, -0.2) is 0 Å². The molecule has 300 valence electrons. The Kier molecular flexibility index (Phi) is 23.0. The van der Waals surface area contributed by atoms with E-state index in [9.17, 15) is 10.2 Å². The number of ether oxygens (including phenoxy) is 8. The van der Waals surface area contributed by atoms with Crippen LogP contribution in [0.3, 0.4) is 0 Å². The van der Waals surface area contributed by atoms with E-state index in [1.807, 2.05) is 24.3 Å². The van der Waals surface area contributed by atoms with E-state index in [0.29, 0.717) is 60.6 Å². The second kappa shape index (κ2) is 26.2. The molecule has 0 saturated heterocycles. The van der Waals surface area contributed by atoms with Crippen LogP contribution in [0.4, 0.5) is 0 Å². The van der Waals surface area contributed by atoms with E-state index in [1.165, 1.54) is 41.7 Å². The second-order valence-corrected chi connectivity index (χ2v) is 26.4. The van der Waals surface area contributed by atoms with E-state index in [-0.39, 0.29) is 26.4 Å². The summed E-state index contributed by atoms with van der Waals surface area (Å²) in [6.07, 6.45) is 10.4. The molecule has 0 bridgehead atoms. The van der Waals surface area contributed by atoms with Gasteiger partial charge >= 0.3 is 325 Å². The first-order valence-electron chi connectivity index (χ1n) is 19.2. The number of hydrogen-bond acceptors (Lipinski definition) is 10. The molecule has 2 aromatic rings. The number of aliphatic hydroxyl groups excluding tert-OH is 2. The first-order valence-corrected chi connectivity index (χ1v) is 26.6. The number of unbranched alkanes of at least 4 members (excludes halogenated alkanes) is 3. The average Bonchev–Trinajstić information content (AvgIpc) is 3.18. The Morgan fingerprint density at radius 1 is 0.585 bits per heavy atom. The number of aliphatic hydroxyl groups is 2. The predicted molar refractivity (Wildman–Crippen MR) is 215 cm³/mol. The summed E-state index contributed by atoms with van der Waals surface area (Å²) in [6.45, 7) is 7.97. The zero-order chi connectivity index (χ0) is 39.1. The van der Waals surface area contributed by atoms with Crippen LogP contribution in [0.2, 0.25) is 13.3 Å². The Morgan fingerprint density at radius 3 is 1.38 bits per heavy atom. The zero-order valence-electron chi connectivity index (χ0n) is 34.1. The first-order chi connectivity index (χ1) is 25.8. The molecule has 0 fully saturated rings. The van der Waals surface area contributed by atoms with Crippen LogP contribution < -0.4 is 28.4 Å². The monoisotopic (exact) mass is 852 g/mol. The van der Waals surface area contributed by atoms with Gasteiger partial charge in [0.1, 0.15) is 0 Å². The van der Waals surface area contributed by atoms with Crippen LogP contribution in [0.15, 0.2) is 45.1 Å². The number of rotatable bonds is 29. The van der Waals surface area contributed by atoms with Crippen molar-refractivity contribution in [3.8, 4) is 34.5 Å². The molecule has 53 heavy (non-hydrogen) atoms. The maximum absolute atomic E-state index is 9.83. The summed E-state index contributed by atoms with van der Waals surface area (Å²) >= 11 is -3.26. The Bertz CT molecular complexity index is 1330. The second-order valence-electron chi connectivity index (χ2n) is 13.3. The predicted octanol–water partition coefficient (Wildman–Crippen LogP) is 8.15. The molecule has 0 atom stereocenters. The van der Waals surface area contributed by atoms with Gasteiger partial charge in [0.05, 0.1) is 0 Å². The quantitative estimate of drug-likeness (QED) is 0.0473. The van der Waals surface area contributed by atoms with Gasteiger partial charge < -0.3 is 0 Å². The fourth-order valence-corrected chi connectivity index (χ4v) is 24.4. The molecular formula is C42H68O10Sn. The van der Waals surface area contributed by atoms with Crippen LogP contribution in [0, 0.1) is 0 Å². The Balaban J connectivity index is 3.16.